The molecule has 1 fully saturated rings. The van der Waals surface area contributed by atoms with Crippen molar-refractivity contribution in [3.8, 4) is 0 Å². The van der Waals surface area contributed by atoms with Crippen LogP contribution in [0.25, 0.3) is 0 Å². The van der Waals surface area contributed by atoms with Crippen molar-refractivity contribution >= 4 is 71.1 Å². The molecule has 1 rings (SSSR count). The van der Waals surface area contributed by atoms with E-state index in [2.05, 4.69) is 0 Å². The van der Waals surface area contributed by atoms with Gasteiger partial charge >= 0.3 is 11.9 Å². The molecule has 0 amide bonds. The number of likely N-dealkylation sites (tertiary alicyclic amines) is 1. The van der Waals surface area contributed by atoms with Gasteiger partial charge in [0.2, 0.25) is 0 Å². The molecule has 5 nitrogen and oxygen atoms in total. The summed E-state index contributed by atoms with van der Waals surface area (Å²) < 4.78 is 0. The van der Waals surface area contributed by atoms with Gasteiger partial charge in [0.25, 0.3) is 0 Å². The maximum absolute atomic E-state index is 11.0. The molecule has 0 aromatic carbocycles. The maximum Gasteiger partial charge on any atom is 0.333 e. The Bertz CT molecular complexity index is 325. The summed E-state index contributed by atoms with van der Waals surface area (Å²) in [5.74, 6) is -2.29. The minimum Gasteiger partial charge on any atom is -0.478 e. The van der Waals surface area contributed by atoms with Crippen molar-refractivity contribution in [1.29, 1.82) is 0 Å². The third-order valence-electron chi connectivity index (χ3n) is 2.86. The summed E-state index contributed by atoms with van der Waals surface area (Å²) in [6.45, 7) is 3.27. The minimum absolute atomic E-state index is 0. The van der Waals surface area contributed by atoms with Gasteiger partial charge in [-0.05, 0) is 32.9 Å². The van der Waals surface area contributed by atoms with E-state index in [1.807, 2.05) is 4.90 Å². The number of rotatable bonds is 4. The molecule has 0 aromatic rings. The number of carboxylic acids is 2. The van der Waals surface area contributed by atoms with Crippen LogP contribution in [0.5, 0.6) is 0 Å². The van der Waals surface area contributed by atoms with E-state index in [9.17, 15) is 9.59 Å². The average Bonchev–Trinajstić information content (AvgIpc) is 2.26. The van der Waals surface area contributed by atoms with Crippen LogP contribution in [0.2, 0.25) is 0 Å². The third-order valence-corrected chi connectivity index (χ3v) is 2.86. The Labute approximate surface area is 151 Å². The molecule has 0 spiro atoms. The van der Waals surface area contributed by atoms with Crippen molar-refractivity contribution in [3.63, 3.8) is 0 Å². The summed E-state index contributed by atoms with van der Waals surface area (Å²) in [4.78, 5) is 23.7. The van der Waals surface area contributed by atoms with Crippen molar-refractivity contribution in [1.82, 2.24) is 4.90 Å². The van der Waals surface area contributed by atoms with Gasteiger partial charge in [-0.25, -0.2) is 9.59 Å². The van der Waals surface area contributed by atoms with E-state index in [0.717, 1.165) is 25.9 Å². The number of nitrogens with zero attached hydrogens (tertiary/aromatic N) is 1. The molecule has 0 saturated carbocycles. The molecular formula is C11H17NNa2O4. The van der Waals surface area contributed by atoms with Gasteiger partial charge in [0.15, 0.2) is 0 Å². The van der Waals surface area contributed by atoms with Crippen LogP contribution in [0.15, 0.2) is 11.1 Å². The molecule has 1 heterocycles. The smallest absolute Gasteiger partial charge is 0.333 e. The summed E-state index contributed by atoms with van der Waals surface area (Å²) in [7, 11) is 0. The molecule has 1 aliphatic rings. The molecule has 7 heteroatoms. The van der Waals surface area contributed by atoms with Crippen LogP contribution in [0.4, 0.5) is 0 Å². The third kappa shape index (κ3) is 6.70. The zero-order chi connectivity index (χ0) is 12.1. The van der Waals surface area contributed by atoms with Crippen molar-refractivity contribution in [2.24, 2.45) is 0 Å². The number of carboxylic acid groups (broad SMARTS) is 2. The van der Waals surface area contributed by atoms with Crippen LogP contribution in [-0.4, -0.2) is 106 Å². The van der Waals surface area contributed by atoms with Crippen LogP contribution in [-0.2, 0) is 9.59 Å². The van der Waals surface area contributed by atoms with Gasteiger partial charge < -0.3 is 10.2 Å². The molecular weight excluding hydrogens is 256 g/mol. The number of aliphatic carboxylic acids is 2. The maximum atomic E-state index is 11.0. The Hall–Kier alpha value is 0.640. The van der Waals surface area contributed by atoms with Gasteiger partial charge in [-0.1, -0.05) is 6.42 Å². The SMILES string of the molecule is C/C(C(=O)O)=C(\CN1CCCCC1)C(=O)O.[Na].[Na]. The second-order valence-electron chi connectivity index (χ2n) is 4.05. The molecule has 1 saturated heterocycles. The van der Waals surface area contributed by atoms with Crippen LogP contribution in [0.1, 0.15) is 26.2 Å². The zero-order valence-electron chi connectivity index (χ0n) is 11.4. The van der Waals surface area contributed by atoms with Crippen LogP contribution in [0.3, 0.4) is 0 Å². The van der Waals surface area contributed by atoms with Gasteiger partial charge in [-0.15, -0.1) is 0 Å². The fourth-order valence-corrected chi connectivity index (χ4v) is 1.82. The summed E-state index contributed by atoms with van der Waals surface area (Å²) >= 11 is 0. The minimum atomic E-state index is -1.16. The first-order chi connectivity index (χ1) is 7.52. The summed E-state index contributed by atoms with van der Waals surface area (Å²) in [5.41, 5.74) is -0.0764. The molecule has 2 radical (unpaired) electrons. The fourth-order valence-electron chi connectivity index (χ4n) is 1.82. The molecule has 18 heavy (non-hydrogen) atoms. The standard InChI is InChI=1S/C11H17NO4.2Na/c1-8(10(13)14)9(11(15)16)7-12-5-3-2-4-6-12;;/h2-7H2,1H3,(H,13,14)(H,15,16);;/b9-8-;;. The number of piperidine rings is 1. The monoisotopic (exact) mass is 273 g/mol. The summed E-state index contributed by atoms with van der Waals surface area (Å²) in [5, 5.41) is 17.8. The van der Waals surface area contributed by atoms with Gasteiger partial charge in [-0.3, -0.25) is 4.90 Å². The fraction of sp³-hybridized carbons (Fsp3) is 0.636. The Morgan fingerprint density at radius 3 is 1.89 bits per heavy atom. The number of hydrogen-bond acceptors (Lipinski definition) is 3. The molecule has 1 aliphatic heterocycles. The Balaban J connectivity index is 0. The van der Waals surface area contributed by atoms with Crippen molar-refractivity contribution in [2.75, 3.05) is 19.6 Å². The van der Waals surface area contributed by atoms with E-state index in [4.69, 9.17) is 10.2 Å². The number of hydrogen-bond donors (Lipinski definition) is 2. The van der Waals surface area contributed by atoms with E-state index in [-0.39, 0.29) is 76.8 Å². The van der Waals surface area contributed by atoms with Crippen molar-refractivity contribution < 1.29 is 19.8 Å². The predicted octanol–water partition coefficient (Wildman–Crippen LogP) is 0.196. The quantitative estimate of drug-likeness (QED) is 0.565. The summed E-state index contributed by atoms with van der Waals surface area (Å²) in [6.07, 6.45) is 3.28. The van der Waals surface area contributed by atoms with E-state index in [1.165, 1.54) is 13.3 Å². The van der Waals surface area contributed by atoms with Gasteiger partial charge in [0, 0.05) is 71.2 Å². The topological polar surface area (TPSA) is 77.8 Å². The molecule has 0 aromatic heterocycles. The first-order valence-corrected chi connectivity index (χ1v) is 5.41. The van der Waals surface area contributed by atoms with Crippen molar-refractivity contribution in [3.05, 3.63) is 11.1 Å². The van der Waals surface area contributed by atoms with Crippen molar-refractivity contribution in [2.45, 2.75) is 26.2 Å². The Morgan fingerprint density at radius 1 is 1.00 bits per heavy atom. The van der Waals surface area contributed by atoms with Crippen LogP contribution < -0.4 is 0 Å². The molecule has 0 unspecified atom stereocenters. The predicted molar refractivity (Wildman–Crippen MR) is 69.8 cm³/mol. The second-order valence-corrected chi connectivity index (χ2v) is 4.05. The van der Waals surface area contributed by atoms with Gasteiger partial charge in [0.1, 0.15) is 0 Å². The van der Waals surface area contributed by atoms with Crippen LogP contribution in [0, 0.1) is 0 Å². The molecule has 0 bridgehead atoms. The first-order valence-electron chi connectivity index (χ1n) is 5.41. The second kappa shape index (κ2) is 10.4. The Kier molecular flexibility index (Phi) is 12.1. The Morgan fingerprint density at radius 2 is 1.50 bits per heavy atom. The first kappa shape index (κ1) is 20.9. The van der Waals surface area contributed by atoms with E-state index in [0.29, 0.717) is 0 Å². The molecule has 0 aliphatic carbocycles. The van der Waals surface area contributed by atoms with E-state index < -0.39 is 11.9 Å². The largest absolute Gasteiger partial charge is 0.478 e. The average molecular weight is 273 g/mol. The number of carbonyl (C=O) groups is 2. The summed E-state index contributed by atoms with van der Waals surface area (Å²) in [6, 6.07) is 0. The molecule has 92 valence electrons. The molecule has 2 N–H and O–H groups in total. The normalized spacial score (nSPS) is 16.9. The van der Waals surface area contributed by atoms with Gasteiger partial charge in [-0.2, -0.15) is 0 Å². The zero-order valence-corrected chi connectivity index (χ0v) is 15.4. The van der Waals surface area contributed by atoms with E-state index >= 15 is 0 Å². The van der Waals surface area contributed by atoms with E-state index in [1.54, 1.807) is 0 Å². The molecule has 0 atom stereocenters. The van der Waals surface area contributed by atoms with Gasteiger partial charge in [0.05, 0.1) is 5.57 Å². The van der Waals surface area contributed by atoms with Crippen LogP contribution >= 0.6 is 0 Å².